The number of carbonyl (C=O) groups is 1. The Kier molecular flexibility index (Phi) is 4.53. The number of likely N-dealkylation sites (tertiary alicyclic amines) is 1. The van der Waals surface area contributed by atoms with E-state index in [2.05, 4.69) is 4.90 Å². The lowest BCUT2D eigenvalue weighted by atomic mass is 9.48. The highest BCUT2D eigenvalue weighted by Crippen LogP contribution is 2.66. The lowest BCUT2D eigenvalue weighted by Crippen LogP contribution is -2.78. The normalized spacial score (nSPS) is 35.1. The van der Waals surface area contributed by atoms with Crippen LogP contribution in [0, 0.1) is 5.92 Å². The van der Waals surface area contributed by atoms with Crippen molar-refractivity contribution in [3.05, 3.63) is 53.5 Å². The molecule has 2 bridgehead atoms. The van der Waals surface area contributed by atoms with Crippen molar-refractivity contribution in [1.29, 1.82) is 0 Å². The summed E-state index contributed by atoms with van der Waals surface area (Å²) >= 11 is 0. The molecule has 7 heteroatoms. The van der Waals surface area contributed by atoms with Gasteiger partial charge >= 0.3 is 0 Å². The number of nitrogens with zero attached hydrogens (tertiary/aromatic N) is 2. The fourth-order valence-corrected chi connectivity index (χ4v) is 7.67. The molecule has 1 aromatic heterocycles. The number of hydrogen-bond acceptors (Lipinski definition) is 6. The first-order valence-corrected chi connectivity index (χ1v) is 12.9. The number of benzene rings is 1. The number of likely N-dealkylation sites (N-methyl/N-ethyl adjacent to an activating group) is 1. The first kappa shape index (κ1) is 21.5. The Balaban J connectivity index is 1.28. The monoisotopic (exact) mass is 476 g/mol. The summed E-state index contributed by atoms with van der Waals surface area (Å²) in [6, 6.07) is 5.38. The summed E-state index contributed by atoms with van der Waals surface area (Å²) < 4.78 is 11.7. The topological polar surface area (TPSA) is 86.4 Å². The third-order valence-corrected chi connectivity index (χ3v) is 9.54. The van der Waals surface area contributed by atoms with Gasteiger partial charge in [0.25, 0.3) is 0 Å². The molecule has 1 unspecified atom stereocenters. The molecular weight excluding hydrogens is 444 g/mol. The average Bonchev–Trinajstić information content (AvgIpc) is 3.36. The van der Waals surface area contributed by atoms with Gasteiger partial charge in [-0.25, -0.2) is 0 Å². The number of rotatable bonds is 5. The quantitative estimate of drug-likeness (QED) is 0.645. The van der Waals surface area contributed by atoms with Crippen molar-refractivity contribution in [2.75, 3.05) is 20.1 Å². The fraction of sp³-hybridized carbons (Fsp3) is 0.536. The number of furan rings is 1. The number of amides is 1. The summed E-state index contributed by atoms with van der Waals surface area (Å²) in [5.74, 6) is 1.28. The van der Waals surface area contributed by atoms with Crippen molar-refractivity contribution in [2.45, 2.75) is 67.7 Å². The van der Waals surface area contributed by atoms with Gasteiger partial charge < -0.3 is 24.3 Å². The number of aliphatic hydroxyl groups is 1. The largest absolute Gasteiger partial charge is 0.504 e. The molecule has 7 rings (SSSR count). The number of phenols is 1. The van der Waals surface area contributed by atoms with Crippen LogP contribution < -0.4 is 4.74 Å². The van der Waals surface area contributed by atoms with E-state index in [-0.39, 0.29) is 23.7 Å². The van der Waals surface area contributed by atoms with Gasteiger partial charge in [0.1, 0.15) is 6.10 Å². The van der Waals surface area contributed by atoms with Crippen molar-refractivity contribution in [1.82, 2.24) is 9.80 Å². The molecule has 7 nitrogen and oxygen atoms in total. The molecule has 3 aliphatic carbocycles. The maximum absolute atomic E-state index is 13.2. The molecule has 3 heterocycles. The van der Waals surface area contributed by atoms with Crippen LogP contribution in [0.3, 0.4) is 0 Å². The maximum Gasteiger partial charge on any atom is 0.246 e. The molecule has 2 saturated carbocycles. The van der Waals surface area contributed by atoms with E-state index in [9.17, 15) is 15.0 Å². The predicted molar refractivity (Wildman–Crippen MR) is 129 cm³/mol. The number of aromatic hydroxyl groups is 1. The van der Waals surface area contributed by atoms with Gasteiger partial charge in [-0.1, -0.05) is 6.07 Å². The molecule has 5 atom stereocenters. The third kappa shape index (κ3) is 2.88. The van der Waals surface area contributed by atoms with E-state index in [0.29, 0.717) is 18.6 Å². The first-order valence-electron chi connectivity index (χ1n) is 12.9. The van der Waals surface area contributed by atoms with Crippen LogP contribution >= 0.6 is 0 Å². The minimum absolute atomic E-state index is 0.0360. The summed E-state index contributed by atoms with van der Waals surface area (Å²) in [6.45, 7) is 1.96. The highest BCUT2D eigenvalue weighted by molar-refractivity contribution is 5.91. The highest BCUT2D eigenvalue weighted by atomic mass is 16.5. The Morgan fingerprint density at radius 3 is 2.89 bits per heavy atom. The Hall–Kier alpha value is -2.77. The molecule has 1 spiro atoms. The summed E-state index contributed by atoms with van der Waals surface area (Å²) in [7, 11) is 1.82. The Morgan fingerprint density at radius 2 is 2.11 bits per heavy atom. The van der Waals surface area contributed by atoms with Crippen LogP contribution in [0.5, 0.6) is 11.5 Å². The molecule has 184 valence electrons. The lowest BCUT2D eigenvalue weighted by Gasteiger charge is -2.64. The lowest BCUT2D eigenvalue weighted by molar-refractivity contribution is -0.200. The summed E-state index contributed by atoms with van der Waals surface area (Å²) in [6.07, 6.45) is 11.5. The molecule has 2 aromatic rings. The predicted octanol–water partition coefficient (Wildman–Crippen LogP) is 3.09. The van der Waals surface area contributed by atoms with Crippen LogP contribution in [0.25, 0.3) is 6.08 Å². The molecule has 5 aliphatic rings. The van der Waals surface area contributed by atoms with Crippen LogP contribution in [0.1, 0.15) is 48.8 Å². The molecule has 2 N–H and O–H groups in total. The van der Waals surface area contributed by atoms with E-state index >= 15 is 0 Å². The number of phenolic OH excluding ortho intramolecular Hbond substituents is 1. The zero-order valence-electron chi connectivity index (χ0n) is 20.0. The molecule has 1 saturated heterocycles. The first-order chi connectivity index (χ1) is 16.9. The molecule has 2 aliphatic heterocycles. The zero-order chi connectivity index (χ0) is 23.9. The maximum atomic E-state index is 13.2. The Morgan fingerprint density at radius 1 is 1.26 bits per heavy atom. The van der Waals surface area contributed by atoms with Crippen molar-refractivity contribution in [3.63, 3.8) is 0 Å². The van der Waals surface area contributed by atoms with Gasteiger partial charge in [0, 0.05) is 36.8 Å². The number of ether oxygens (including phenoxy) is 1. The van der Waals surface area contributed by atoms with E-state index in [4.69, 9.17) is 9.15 Å². The minimum atomic E-state index is -0.941. The molecule has 35 heavy (non-hydrogen) atoms. The van der Waals surface area contributed by atoms with Crippen LogP contribution in [0.15, 0.2) is 41.2 Å². The van der Waals surface area contributed by atoms with Gasteiger partial charge in [-0.05, 0) is 74.8 Å². The zero-order valence-corrected chi connectivity index (χ0v) is 20.0. The summed E-state index contributed by atoms with van der Waals surface area (Å²) in [5.41, 5.74) is 1.44. The van der Waals surface area contributed by atoms with E-state index in [1.165, 1.54) is 18.4 Å². The summed E-state index contributed by atoms with van der Waals surface area (Å²) in [5, 5.41) is 23.3. The van der Waals surface area contributed by atoms with Crippen molar-refractivity contribution < 1.29 is 24.2 Å². The van der Waals surface area contributed by atoms with Crippen molar-refractivity contribution in [2.24, 2.45) is 5.92 Å². The second-order valence-electron chi connectivity index (χ2n) is 11.2. The van der Waals surface area contributed by atoms with Crippen LogP contribution in [0.2, 0.25) is 0 Å². The van der Waals surface area contributed by atoms with Crippen molar-refractivity contribution >= 4 is 12.0 Å². The standard InChI is InChI=1S/C28H32N2O5/c1-29(23(32)7-4-18-9-13-34-16-18)20-8-10-28(33)22-14-19-5-6-21(31)25-24(19)27(28,26(20)35-25)11-12-30(22)15-17-2-3-17/h4-7,9,13,16-17,20,22,26,31,33H,2-3,8,10-12,14-15H2,1H3/b7-4+/t20-,22?,26+,27+,28-/m0/s1. The fourth-order valence-electron chi connectivity index (χ4n) is 7.67. The number of carbonyl (C=O) groups excluding carboxylic acids is 1. The van der Waals surface area contributed by atoms with Gasteiger partial charge in [-0.2, -0.15) is 0 Å². The Bertz CT molecular complexity index is 1200. The van der Waals surface area contributed by atoms with E-state index in [1.54, 1.807) is 35.6 Å². The highest BCUT2D eigenvalue weighted by Gasteiger charge is 2.73. The van der Waals surface area contributed by atoms with E-state index < -0.39 is 17.1 Å². The molecule has 1 amide bonds. The van der Waals surface area contributed by atoms with Gasteiger partial charge in [0.15, 0.2) is 11.5 Å². The number of piperidine rings is 1. The SMILES string of the molecule is CN(C(=O)/C=C/c1ccoc1)[C@H]1CC[C@]2(O)C3Cc4ccc(O)c5c4[C@]2(CCN3CC2CC2)[C@@H]1O5. The van der Waals surface area contributed by atoms with Gasteiger partial charge in [0.2, 0.25) is 5.91 Å². The van der Waals surface area contributed by atoms with E-state index in [1.807, 2.05) is 19.2 Å². The van der Waals surface area contributed by atoms with Crippen LogP contribution in [-0.2, 0) is 16.6 Å². The Labute approximate surface area is 205 Å². The van der Waals surface area contributed by atoms with Gasteiger partial charge in [-0.3, -0.25) is 9.69 Å². The molecule has 0 radical (unpaired) electrons. The third-order valence-electron chi connectivity index (χ3n) is 9.54. The smallest absolute Gasteiger partial charge is 0.246 e. The van der Waals surface area contributed by atoms with E-state index in [0.717, 1.165) is 43.0 Å². The van der Waals surface area contributed by atoms with Gasteiger partial charge in [0.05, 0.1) is 29.6 Å². The van der Waals surface area contributed by atoms with Crippen molar-refractivity contribution in [3.8, 4) is 11.5 Å². The second kappa shape index (κ2) is 7.37. The number of hydrogen-bond donors (Lipinski definition) is 2. The molecule has 1 aromatic carbocycles. The molecular formula is C28H32N2O5. The van der Waals surface area contributed by atoms with Gasteiger partial charge in [-0.15, -0.1) is 0 Å². The van der Waals surface area contributed by atoms with Crippen LogP contribution in [-0.4, -0.2) is 69.8 Å². The van der Waals surface area contributed by atoms with Crippen LogP contribution in [0.4, 0.5) is 0 Å². The second-order valence-corrected chi connectivity index (χ2v) is 11.2. The average molecular weight is 477 g/mol. The summed E-state index contributed by atoms with van der Waals surface area (Å²) in [4.78, 5) is 17.5. The minimum Gasteiger partial charge on any atom is -0.504 e. The molecule has 3 fully saturated rings.